The molecule has 4 heteroatoms. The standard InChI is InChI=1S/C17H23NO3/c1-11(18-15(19)10-17(2,3)4)14-9-12-7-6-8-13(20-5)16(12)21-14/h6-9,11H,10H2,1-5H3,(H,18,19)/t11-/m1/s1. The summed E-state index contributed by atoms with van der Waals surface area (Å²) in [6.45, 7) is 8.06. The first-order chi connectivity index (χ1) is 9.80. The van der Waals surface area contributed by atoms with Crippen molar-refractivity contribution in [1.29, 1.82) is 0 Å². The number of hydrogen-bond donors (Lipinski definition) is 1. The number of methoxy groups -OCH3 is 1. The molecule has 0 radical (unpaired) electrons. The molecule has 1 heterocycles. The van der Waals surface area contributed by atoms with Crippen LogP contribution in [0, 0.1) is 5.41 Å². The number of carbonyl (C=O) groups is 1. The fourth-order valence-electron chi connectivity index (χ4n) is 2.28. The minimum atomic E-state index is -0.169. The summed E-state index contributed by atoms with van der Waals surface area (Å²) < 4.78 is 11.1. The number of fused-ring (bicyclic) bond motifs is 1. The largest absolute Gasteiger partial charge is 0.493 e. The van der Waals surface area contributed by atoms with Crippen LogP contribution in [0.15, 0.2) is 28.7 Å². The van der Waals surface area contributed by atoms with E-state index in [1.807, 2.05) is 52.0 Å². The van der Waals surface area contributed by atoms with E-state index in [4.69, 9.17) is 9.15 Å². The molecule has 1 N–H and O–H groups in total. The van der Waals surface area contributed by atoms with Crippen LogP contribution in [0.4, 0.5) is 0 Å². The van der Waals surface area contributed by atoms with Crippen molar-refractivity contribution < 1.29 is 13.9 Å². The van der Waals surface area contributed by atoms with Crippen molar-refractivity contribution in [3.63, 3.8) is 0 Å². The van der Waals surface area contributed by atoms with Crippen molar-refractivity contribution in [2.45, 2.75) is 40.2 Å². The number of carbonyl (C=O) groups excluding carboxylic acids is 1. The Morgan fingerprint density at radius 1 is 1.38 bits per heavy atom. The Morgan fingerprint density at radius 2 is 2.10 bits per heavy atom. The number of hydrogen-bond acceptors (Lipinski definition) is 3. The molecular formula is C17H23NO3. The molecule has 1 amide bonds. The van der Waals surface area contributed by atoms with Crippen molar-refractivity contribution in [2.75, 3.05) is 7.11 Å². The minimum absolute atomic E-state index is 0.0269. The summed E-state index contributed by atoms with van der Waals surface area (Å²) in [5.74, 6) is 1.46. The van der Waals surface area contributed by atoms with Gasteiger partial charge in [-0.3, -0.25) is 4.79 Å². The molecule has 21 heavy (non-hydrogen) atoms. The van der Waals surface area contributed by atoms with Crippen LogP contribution in [0.25, 0.3) is 11.0 Å². The van der Waals surface area contributed by atoms with E-state index in [0.717, 1.165) is 11.1 Å². The number of ether oxygens (including phenoxy) is 1. The van der Waals surface area contributed by atoms with Crippen molar-refractivity contribution >= 4 is 16.9 Å². The molecule has 0 spiro atoms. The Bertz CT molecular complexity index is 637. The molecule has 0 unspecified atom stereocenters. The molecule has 1 aromatic carbocycles. The Balaban J connectivity index is 2.16. The van der Waals surface area contributed by atoms with E-state index in [1.54, 1.807) is 7.11 Å². The normalized spacial score (nSPS) is 13.2. The first-order valence-electron chi connectivity index (χ1n) is 7.16. The Kier molecular flexibility index (Phi) is 4.26. The van der Waals surface area contributed by atoms with Gasteiger partial charge >= 0.3 is 0 Å². The van der Waals surface area contributed by atoms with Crippen LogP contribution >= 0.6 is 0 Å². The lowest BCUT2D eigenvalue weighted by atomic mass is 9.92. The number of amides is 1. The fraction of sp³-hybridized carbons (Fsp3) is 0.471. The molecule has 4 nitrogen and oxygen atoms in total. The fourth-order valence-corrected chi connectivity index (χ4v) is 2.28. The van der Waals surface area contributed by atoms with Crippen LogP contribution in [0.2, 0.25) is 0 Å². The maximum atomic E-state index is 12.0. The predicted octanol–water partition coefficient (Wildman–Crippen LogP) is 4.05. The van der Waals surface area contributed by atoms with Gasteiger partial charge in [0.2, 0.25) is 5.91 Å². The lowest BCUT2D eigenvalue weighted by Crippen LogP contribution is -2.29. The third-order valence-electron chi connectivity index (χ3n) is 3.24. The summed E-state index contributed by atoms with van der Waals surface area (Å²) in [5, 5.41) is 3.95. The van der Waals surface area contributed by atoms with Gasteiger partial charge in [-0.05, 0) is 24.5 Å². The van der Waals surface area contributed by atoms with Crippen molar-refractivity contribution in [3.8, 4) is 5.75 Å². The van der Waals surface area contributed by atoms with Gasteiger partial charge in [-0.1, -0.05) is 32.9 Å². The summed E-state index contributed by atoms with van der Waals surface area (Å²) in [4.78, 5) is 12.0. The van der Waals surface area contributed by atoms with Crippen molar-refractivity contribution in [2.24, 2.45) is 5.41 Å². The van der Waals surface area contributed by atoms with E-state index in [2.05, 4.69) is 5.32 Å². The summed E-state index contributed by atoms with van der Waals surface area (Å²) in [6.07, 6.45) is 0.487. The van der Waals surface area contributed by atoms with Gasteiger partial charge in [-0.2, -0.15) is 0 Å². The van der Waals surface area contributed by atoms with E-state index >= 15 is 0 Å². The number of para-hydroxylation sites is 1. The molecule has 0 aliphatic heterocycles. The van der Waals surface area contributed by atoms with E-state index in [0.29, 0.717) is 17.8 Å². The van der Waals surface area contributed by atoms with E-state index in [1.165, 1.54) is 0 Å². The Hall–Kier alpha value is -1.97. The van der Waals surface area contributed by atoms with Crippen LogP contribution in [0.1, 0.15) is 45.9 Å². The van der Waals surface area contributed by atoms with Gasteiger partial charge in [-0.25, -0.2) is 0 Å². The molecule has 1 aromatic heterocycles. The lowest BCUT2D eigenvalue weighted by molar-refractivity contribution is -0.123. The maximum absolute atomic E-state index is 12.0. The number of furan rings is 1. The van der Waals surface area contributed by atoms with Crippen LogP contribution in [0.5, 0.6) is 5.75 Å². The highest BCUT2D eigenvalue weighted by Gasteiger charge is 2.20. The zero-order chi connectivity index (χ0) is 15.6. The molecule has 2 aromatic rings. The third-order valence-corrected chi connectivity index (χ3v) is 3.24. The smallest absolute Gasteiger partial charge is 0.221 e. The molecular weight excluding hydrogens is 266 g/mol. The number of rotatable bonds is 4. The zero-order valence-corrected chi connectivity index (χ0v) is 13.3. The van der Waals surface area contributed by atoms with E-state index in [-0.39, 0.29) is 17.4 Å². The van der Waals surface area contributed by atoms with Gasteiger partial charge in [0.25, 0.3) is 0 Å². The van der Waals surface area contributed by atoms with Gasteiger partial charge < -0.3 is 14.5 Å². The Labute approximate surface area is 125 Å². The van der Waals surface area contributed by atoms with Gasteiger partial charge in [0.1, 0.15) is 5.76 Å². The number of nitrogens with one attached hydrogen (secondary N) is 1. The highest BCUT2D eigenvalue weighted by molar-refractivity contribution is 5.84. The molecule has 0 aliphatic carbocycles. The van der Waals surface area contributed by atoms with Crippen molar-refractivity contribution in [1.82, 2.24) is 5.32 Å². The van der Waals surface area contributed by atoms with Crippen LogP contribution in [-0.4, -0.2) is 13.0 Å². The van der Waals surface area contributed by atoms with Gasteiger partial charge in [-0.15, -0.1) is 0 Å². The molecule has 1 atom stereocenters. The van der Waals surface area contributed by atoms with E-state index in [9.17, 15) is 4.79 Å². The highest BCUT2D eigenvalue weighted by Crippen LogP contribution is 2.31. The average Bonchev–Trinajstić information content (AvgIpc) is 2.79. The molecule has 0 fully saturated rings. The Morgan fingerprint density at radius 3 is 2.71 bits per heavy atom. The first-order valence-corrected chi connectivity index (χ1v) is 7.16. The van der Waals surface area contributed by atoms with Crippen LogP contribution < -0.4 is 10.1 Å². The molecule has 114 valence electrons. The highest BCUT2D eigenvalue weighted by atomic mass is 16.5. The van der Waals surface area contributed by atoms with Gasteiger partial charge in [0.05, 0.1) is 13.2 Å². The van der Waals surface area contributed by atoms with E-state index < -0.39 is 0 Å². The molecule has 0 bridgehead atoms. The SMILES string of the molecule is COc1cccc2cc([C@@H](C)NC(=O)CC(C)(C)C)oc12. The summed E-state index contributed by atoms with van der Waals surface area (Å²) in [6, 6.07) is 7.52. The first kappa shape index (κ1) is 15.4. The molecule has 0 aliphatic rings. The summed E-state index contributed by atoms with van der Waals surface area (Å²) >= 11 is 0. The second-order valence-corrected chi connectivity index (χ2v) is 6.55. The molecule has 0 saturated carbocycles. The van der Waals surface area contributed by atoms with Gasteiger partial charge in [0.15, 0.2) is 11.3 Å². The summed E-state index contributed by atoms with van der Waals surface area (Å²) in [7, 11) is 1.62. The van der Waals surface area contributed by atoms with Crippen molar-refractivity contribution in [3.05, 3.63) is 30.0 Å². The maximum Gasteiger partial charge on any atom is 0.221 e. The monoisotopic (exact) mass is 289 g/mol. The lowest BCUT2D eigenvalue weighted by Gasteiger charge is -2.19. The van der Waals surface area contributed by atoms with Crippen LogP contribution in [0.3, 0.4) is 0 Å². The minimum Gasteiger partial charge on any atom is -0.493 e. The third kappa shape index (κ3) is 3.78. The molecule has 0 saturated heterocycles. The molecule has 2 rings (SSSR count). The predicted molar refractivity (Wildman–Crippen MR) is 83.4 cm³/mol. The topological polar surface area (TPSA) is 51.5 Å². The summed E-state index contributed by atoms with van der Waals surface area (Å²) in [5.41, 5.74) is 0.688. The second-order valence-electron chi connectivity index (χ2n) is 6.55. The average molecular weight is 289 g/mol. The van der Waals surface area contributed by atoms with Gasteiger partial charge in [0, 0.05) is 11.8 Å². The number of benzene rings is 1. The quantitative estimate of drug-likeness (QED) is 0.923. The second kappa shape index (κ2) is 5.80. The van der Waals surface area contributed by atoms with Crippen LogP contribution in [-0.2, 0) is 4.79 Å². The zero-order valence-electron chi connectivity index (χ0n) is 13.3.